The molecule has 5 heteroatoms. The van der Waals surface area contributed by atoms with E-state index in [1.165, 1.54) is 6.07 Å². The Morgan fingerprint density at radius 3 is 2.65 bits per heavy atom. The van der Waals surface area contributed by atoms with Gasteiger partial charge in [-0.15, -0.1) is 0 Å². The Hall–Kier alpha value is -1.88. The van der Waals surface area contributed by atoms with Gasteiger partial charge in [-0.3, -0.25) is 10.1 Å². The molecule has 1 aromatic carbocycles. The Morgan fingerprint density at radius 1 is 1.45 bits per heavy atom. The van der Waals surface area contributed by atoms with E-state index in [4.69, 9.17) is 4.74 Å². The van der Waals surface area contributed by atoms with Gasteiger partial charge in [-0.25, -0.2) is 0 Å². The van der Waals surface area contributed by atoms with E-state index < -0.39 is 4.92 Å². The first-order chi connectivity index (χ1) is 9.20. The maximum Gasteiger partial charge on any atom is 0.276 e. The zero-order chi connectivity index (χ0) is 15.3. The van der Waals surface area contributed by atoms with Crippen LogP contribution in [0.25, 0.3) is 0 Å². The second kappa shape index (κ2) is 6.52. The van der Waals surface area contributed by atoms with Crippen molar-refractivity contribution in [3.8, 4) is 5.75 Å². The molecule has 0 saturated heterocycles. The third-order valence-corrected chi connectivity index (χ3v) is 2.75. The molecule has 0 aromatic heterocycles. The molecule has 0 unspecified atom stereocenters. The van der Waals surface area contributed by atoms with E-state index in [-0.39, 0.29) is 11.2 Å². The van der Waals surface area contributed by atoms with E-state index in [1.807, 2.05) is 0 Å². The Morgan fingerprint density at radius 2 is 2.10 bits per heavy atom. The van der Waals surface area contributed by atoms with Gasteiger partial charge in [0.2, 0.25) is 0 Å². The molecule has 1 rings (SSSR count). The summed E-state index contributed by atoms with van der Waals surface area (Å²) in [5.74, 6) is 0.524. The monoisotopic (exact) mass is 278 g/mol. The molecule has 20 heavy (non-hydrogen) atoms. The van der Waals surface area contributed by atoms with E-state index in [0.29, 0.717) is 24.5 Å². The molecule has 0 amide bonds. The van der Waals surface area contributed by atoms with Crippen molar-refractivity contribution in [2.45, 2.75) is 33.2 Å². The quantitative estimate of drug-likeness (QED) is 0.493. The maximum absolute atomic E-state index is 10.8. The Balaban J connectivity index is 2.60. The number of nitro groups is 1. The third kappa shape index (κ3) is 5.01. The number of nitrogens with zero attached hydrogens (tertiary/aromatic N) is 1. The SMILES string of the molecule is C=C(CNC(C)(C)C)COc1cccc([N+](=O)[O-])c1C. The fraction of sp³-hybridized carbons (Fsp3) is 0.467. The second-order valence-electron chi connectivity index (χ2n) is 5.80. The Bertz CT molecular complexity index is 504. The second-order valence-corrected chi connectivity index (χ2v) is 5.80. The topological polar surface area (TPSA) is 64.4 Å². The van der Waals surface area contributed by atoms with Gasteiger partial charge in [0.1, 0.15) is 12.4 Å². The highest BCUT2D eigenvalue weighted by atomic mass is 16.6. The van der Waals surface area contributed by atoms with Gasteiger partial charge in [0, 0.05) is 18.2 Å². The molecule has 1 N–H and O–H groups in total. The van der Waals surface area contributed by atoms with Crippen LogP contribution in [0.15, 0.2) is 30.4 Å². The zero-order valence-electron chi connectivity index (χ0n) is 12.5. The zero-order valence-corrected chi connectivity index (χ0v) is 12.5. The van der Waals surface area contributed by atoms with Gasteiger partial charge in [0.05, 0.1) is 10.5 Å². The van der Waals surface area contributed by atoms with E-state index in [9.17, 15) is 10.1 Å². The van der Waals surface area contributed by atoms with Crippen LogP contribution in [0.2, 0.25) is 0 Å². The molecule has 0 atom stereocenters. The molecule has 110 valence electrons. The highest BCUT2D eigenvalue weighted by molar-refractivity contribution is 5.48. The van der Waals surface area contributed by atoms with Gasteiger partial charge in [-0.05, 0) is 39.3 Å². The van der Waals surface area contributed by atoms with Gasteiger partial charge < -0.3 is 10.1 Å². The number of ether oxygens (including phenoxy) is 1. The average Bonchev–Trinajstić information content (AvgIpc) is 2.34. The lowest BCUT2D eigenvalue weighted by Crippen LogP contribution is -2.37. The molecule has 1 aromatic rings. The number of hydrogen-bond donors (Lipinski definition) is 1. The Kier molecular flexibility index (Phi) is 5.27. The van der Waals surface area contributed by atoms with Crippen LogP contribution in [-0.4, -0.2) is 23.6 Å². The van der Waals surface area contributed by atoms with E-state index in [2.05, 4.69) is 32.7 Å². The lowest BCUT2D eigenvalue weighted by Gasteiger charge is -2.21. The van der Waals surface area contributed by atoms with Gasteiger partial charge in [0.25, 0.3) is 5.69 Å². The first-order valence-electron chi connectivity index (χ1n) is 6.49. The van der Waals surface area contributed by atoms with Crippen LogP contribution in [0.5, 0.6) is 5.75 Å². The van der Waals surface area contributed by atoms with Gasteiger partial charge in [0.15, 0.2) is 0 Å². The predicted molar refractivity (Wildman–Crippen MR) is 80.2 cm³/mol. The molecule has 5 nitrogen and oxygen atoms in total. The summed E-state index contributed by atoms with van der Waals surface area (Å²) < 4.78 is 5.61. The van der Waals surface area contributed by atoms with Crippen LogP contribution in [0, 0.1) is 17.0 Å². The lowest BCUT2D eigenvalue weighted by molar-refractivity contribution is -0.385. The van der Waals surface area contributed by atoms with Crippen LogP contribution in [0.4, 0.5) is 5.69 Å². The Labute approximate surface area is 119 Å². The summed E-state index contributed by atoms with van der Waals surface area (Å²) in [5, 5.41) is 14.2. The fourth-order valence-electron chi connectivity index (χ4n) is 1.58. The molecule has 0 heterocycles. The van der Waals surface area contributed by atoms with Crippen molar-refractivity contribution in [2.24, 2.45) is 0 Å². The third-order valence-electron chi connectivity index (χ3n) is 2.75. The van der Waals surface area contributed by atoms with Crippen LogP contribution in [0.3, 0.4) is 0 Å². The minimum absolute atomic E-state index is 0.0182. The van der Waals surface area contributed by atoms with Gasteiger partial charge in [-0.1, -0.05) is 12.6 Å². The molecule has 0 aliphatic carbocycles. The van der Waals surface area contributed by atoms with E-state index in [1.54, 1.807) is 19.1 Å². The summed E-state index contributed by atoms with van der Waals surface area (Å²) >= 11 is 0. The van der Waals surface area contributed by atoms with Gasteiger partial charge >= 0.3 is 0 Å². The van der Waals surface area contributed by atoms with Crippen molar-refractivity contribution in [1.82, 2.24) is 5.32 Å². The average molecular weight is 278 g/mol. The van der Waals surface area contributed by atoms with Crippen molar-refractivity contribution >= 4 is 5.69 Å². The first kappa shape index (κ1) is 16.2. The number of hydrogen-bond acceptors (Lipinski definition) is 4. The smallest absolute Gasteiger partial charge is 0.276 e. The minimum Gasteiger partial charge on any atom is -0.489 e. The summed E-state index contributed by atoms with van der Waals surface area (Å²) in [5.41, 5.74) is 1.52. The lowest BCUT2D eigenvalue weighted by atomic mass is 10.1. The van der Waals surface area contributed by atoms with Crippen LogP contribution < -0.4 is 10.1 Å². The molecule has 0 fully saturated rings. The standard InChI is InChI=1S/C15H22N2O3/c1-11(9-16-15(3,4)5)10-20-14-8-6-7-13(12(14)2)17(18)19/h6-8,16H,1,9-10H2,2-5H3. The largest absolute Gasteiger partial charge is 0.489 e. The number of benzene rings is 1. The molecular formula is C15H22N2O3. The molecular weight excluding hydrogens is 256 g/mol. The van der Waals surface area contributed by atoms with E-state index in [0.717, 1.165) is 5.57 Å². The molecule has 0 bridgehead atoms. The molecule has 0 aliphatic heterocycles. The van der Waals surface area contributed by atoms with Gasteiger partial charge in [-0.2, -0.15) is 0 Å². The summed E-state index contributed by atoms with van der Waals surface area (Å²) in [7, 11) is 0. The first-order valence-corrected chi connectivity index (χ1v) is 6.49. The van der Waals surface area contributed by atoms with Crippen molar-refractivity contribution in [2.75, 3.05) is 13.2 Å². The predicted octanol–water partition coefficient (Wildman–Crippen LogP) is 3.23. The highest BCUT2D eigenvalue weighted by Gasteiger charge is 2.14. The number of nitro benzene ring substituents is 1. The minimum atomic E-state index is -0.405. The van der Waals surface area contributed by atoms with Crippen molar-refractivity contribution in [3.05, 3.63) is 46.0 Å². The maximum atomic E-state index is 10.8. The summed E-state index contributed by atoms with van der Waals surface area (Å²) in [6.45, 7) is 12.8. The normalized spacial score (nSPS) is 11.2. The van der Waals surface area contributed by atoms with Crippen molar-refractivity contribution in [3.63, 3.8) is 0 Å². The molecule has 0 radical (unpaired) electrons. The van der Waals surface area contributed by atoms with Crippen LogP contribution in [0.1, 0.15) is 26.3 Å². The molecule has 0 spiro atoms. The number of rotatable bonds is 6. The van der Waals surface area contributed by atoms with E-state index >= 15 is 0 Å². The van der Waals surface area contributed by atoms with Crippen molar-refractivity contribution in [1.29, 1.82) is 0 Å². The summed E-state index contributed by atoms with van der Waals surface area (Å²) in [6.07, 6.45) is 0. The summed E-state index contributed by atoms with van der Waals surface area (Å²) in [4.78, 5) is 10.4. The van der Waals surface area contributed by atoms with Crippen LogP contribution >= 0.6 is 0 Å². The summed E-state index contributed by atoms with van der Waals surface area (Å²) in [6, 6.07) is 4.82. The molecule has 0 saturated carbocycles. The highest BCUT2D eigenvalue weighted by Crippen LogP contribution is 2.27. The van der Waals surface area contributed by atoms with Crippen molar-refractivity contribution < 1.29 is 9.66 Å². The molecule has 0 aliphatic rings. The number of nitrogens with one attached hydrogen (secondary N) is 1. The fourth-order valence-corrected chi connectivity index (χ4v) is 1.58. The van der Waals surface area contributed by atoms with Crippen LogP contribution in [-0.2, 0) is 0 Å².